The van der Waals surface area contributed by atoms with Crippen LogP contribution in [0, 0.1) is 0 Å². The molecule has 1 aromatic rings. The Morgan fingerprint density at radius 3 is 2.93 bits per heavy atom. The molecule has 14 heavy (non-hydrogen) atoms. The van der Waals surface area contributed by atoms with E-state index >= 15 is 0 Å². The van der Waals surface area contributed by atoms with Crippen molar-refractivity contribution in [2.45, 2.75) is 6.10 Å². The third kappa shape index (κ3) is 2.26. The van der Waals surface area contributed by atoms with Gasteiger partial charge in [0, 0.05) is 17.6 Å². The summed E-state index contributed by atoms with van der Waals surface area (Å²) in [6.45, 7) is 0.950. The molecular formula is C9H12ClNO2S. The van der Waals surface area contributed by atoms with Gasteiger partial charge in [-0.1, -0.05) is 11.6 Å². The van der Waals surface area contributed by atoms with Gasteiger partial charge in [0.05, 0.1) is 0 Å². The van der Waals surface area contributed by atoms with Gasteiger partial charge in [0.25, 0.3) is 0 Å². The summed E-state index contributed by atoms with van der Waals surface area (Å²) >= 11 is 5.79. The zero-order chi connectivity index (χ0) is 9.26. The first kappa shape index (κ1) is 11.5. The van der Waals surface area contributed by atoms with Crippen LogP contribution in [-0.4, -0.2) is 19.3 Å². The quantitative estimate of drug-likeness (QED) is 0.801. The average Bonchev–Trinajstić information content (AvgIpc) is 2.17. The Kier molecular flexibility index (Phi) is 3.92. The van der Waals surface area contributed by atoms with E-state index in [9.17, 15) is 0 Å². The van der Waals surface area contributed by atoms with E-state index in [0.29, 0.717) is 29.7 Å². The lowest BCUT2D eigenvalue weighted by Crippen LogP contribution is -2.35. The van der Waals surface area contributed by atoms with Crippen LogP contribution in [0.1, 0.15) is 0 Å². The van der Waals surface area contributed by atoms with Crippen LogP contribution in [0.4, 0.5) is 0 Å². The van der Waals surface area contributed by atoms with Gasteiger partial charge in [0.15, 0.2) is 11.5 Å². The highest BCUT2D eigenvalue weighted by molar-refractivity contribution is 7.59. The van der Waals surface area contributed by atoms with Crippen LogP contribution in [0.2, 0.25) is 5.02 Å². The third-order valence-electron chi connectivity index (χ3n) is 1.89. The van der Waals surface area contributed by atoms with E-state index in [4.69, 9.17) is 26.8 Å². The second kappa shape index (κ2) is 4.77. The maximum atomic E-state index is 5.79. The van der Waals surface area contributed by atoms with Gasteiger partial charge in [-0.2, -0.15) is 13.5 Å². The van der Waals surface area contributed by atoms with Crippen LogP contribution < -0.4 is 15.2 Å². The first-order chi connectivity index (χ1) is 6.29. The van der Waals surface area contributed by atoms with Crippen molar-refractivity contribution in [3.63, 3.8) is 0 Å². The number of benzene rings is 1. The molecule has 2 N–H and O–H groups in total. The van der Waals surface area contributed by atoms with E-state index in [1.165, 1.54) is 0 Å². The molecule has 1 heterocycles. The fourth-order valence-corrected chi connectivity index (χ4v) is 1.37. The Hall–Kier alpha value is -0.580. The molecule has 1 aliphatic heterocycles. The van der Waals surface area contributed by atoms with Gasteiger partial charge >= 0.3 is 0 Å². The molecule has 0 unspecified atom stereocenters. The maximum absolute atomic E-state index is 5.79. The normalized spacial score (nSPS) is 18.6. The Balaban J connectivity index is 0.000000980. The van der Waals surface area contributed by atoms with Crippen molar-refractivity contribution in [3.8, 4) is 11.5 Å². The first-order valence-electron chi connectivity index (χ1n) is 4.08. The molecule has 0 amide bonds. The summed E-state index contributed by atoms with van der Waals surface area (Å²) in [7, 11) is 0. The summed E-state index contributed by atoms with van der Waals surface area (Å²) < 4.78 is 10.9. The molecule has 0 radical (unpaired) electrons. The lowest BCUT2D eigenvalue weighted by atomic mass is 10.2. The predicted molar refractivity (Wildman–Crippen MR) is 60.8 cm³/mol. The van der Waals surface area contributed by atoms with Gasteiger partial charge in [0.2, 0.25) is 0 Å². The number of nitrogens with two attached hydrogens (primary N) is 1. The Labute approximate surface area is 94.6 Å². The van der Waals surface area contributed by atoms with Crippen molar-refractivity contribution in [2.75, 3.05) is 13.2 Å². The minimum Gasteiger partial charge on any atom is -0.486 e. The van der Waals surface area contributed by atoms with E-state index in [1.54, 1.807) is 18.2 Å². The Morgan fingerprint density at radius 1 is 1.43 bits per heavy atom. The third-order valence-corrected chi connectivity index (χ3v) is 2.12. The Bertz CT molecular complexity index is 322. The molecular weight excluding hydrogens is 222 g/mol. The molecule has 0 aromatic heterocycles. The average molecular weight is 234 g/mol. The fraction of sp³-hybridized carbons (Fsp3) is 0.333. The fourth-order valence-electron chi connectivity index (χ4n) is 1.20. The number of halogens is 1. The van der Waals surface area contributed by atoms with Crippen molar-refractivity contribution >= 4 is 25.1 Å². The van der Waals surface area contributed by atoms with Crippen LogP contribution in [0.15, 0.2) is 18.2 Å². The van der Waals surface area contributed by atoms with E-state index in [0.717, 1.165) is 0 Å². The van der Waals surface area contributed by atoms with E-state index in [-0.39, 0.29) is 19.6 Å². The molecule has 1 aromatic carbocycles. The van der Waals surface area contributed by atoms with Crippen LogP contribution >= 0.6 is 25.1 Å². The molecule has 1 atom stereocenters. The smallest absolute Gasteiger partial charge is 0.162 e. The highest BCUT2D eigenvalue weighted by atomic mass is 35.5. The van der Waals surface area contributed by atoms with Crippen molar-refractivity contribution in [2.24, 2.45) is 5.73 Å². The van der Waals surface area contributed by atoms with E-state index in [2.05, 4.69) is 0 Å². The highest BCUT2D eigenvalue weighted by Crippen LogP contribution is 2.33. The van der Waals surface area contributed by atoms with Crippen molar-refractivity contribution < 1.29 is 9.47 Å². The zero-order valence-corrected chi connectivity index (χ0v) is 9.25. The van der Waals surface area contributed by atoms with Gasteiger partial charge in [-0.15, -0.1) is 0 Å². The summed E-state index contributed by atoms with van der Waals surface area (Å²) in [5.74, 6) is 1.41. The number of rotatable bonds is 1. The van der Waals surface area contributed by atoms with E-state index < -0.39 is 0 Å². The molecule has 0 bridgehead atoms. The van der Waals surface area contributed by atoms with Gasteiger partial charge < -0.3 is 15.2 Å². The van der Waals surface area contributed by atoms with Crippen LogP contribution in [-0.2, 0) is 0 Å². The molecule has 0 fully saturated rings. The second-order valence-electron chi connectivity index (χ2n) is 2.88. The van der Waals surface area contributed by atoms with Crippen molar-refractivity contribution in [1.29, 1.82) is 0 Å². The van der Waals surface area contributed by atoms with Gasteiger partial charge in [-0.3, -0.25) is 0 Å². The molecule has 0 aliphatic carbocycles. The van der Waals surface area contributed by atoms with Gasteiger partial charge in [-0.05, 0) is 12.1 Å². The molecule has 5 heteroatoms. The second-order valence-corrected chi connectivity index (χ2v) is 3.31. The monoisotopic (exact) mass is 233 g/mol. The zero-order valence-electron chi connectivity index (χ0n) is 7.50. The predicted octanol–water partition coefficient (Wildman–Crippen LogP) is 1.55. The molecule has 78 valence electrons. The molecule has 0 spiro atoms. The summed E-state index contributed by atoms with van der Waals surface area (Å²) in [5.41, 5.74) is 5.46. The van der Waals surface area contributed by atoms with Crippen LogP contribution in [0.3, 0.4) is 0 Å². The highest BCUT2D eigenvalue weighted by Gasteiger charge is 2.19. The lowest BCUT2D eigenvalue weighted by molar-refractivity contribution is 0.0969. The van der Waals surface area contributed by atoms with E-state index in [1.807, 2.05) is 0 Å². The number of ether oxygens (including phenoxy) is 2. The van der Waals surface area contributed by atoms with Crippen LogP contribution in [0.5, 0.6) is 11.5 Å². The molecule has 2 rings (SSSR count). The molecule has 0 saturated carbocycles. The van der Waals surface area contributed by atoms with Gasteiger partial charge in [0.1, 0.15) is 12.7 Å². The number of hydrogen-bond donors (Lipinski definition) is 1. The summed E-state index contributed by atoms with van der Waals surface area (Å²) in [4.78, 5) is 0. The summed E-state index contributed by atoms with van der Waals surface area (Å²) in [6.07, 6.45) is -0.0475. The Morgan fingerprint density at radius 2 is 2.21 bits per heavy atom. The standard InChI is InChI=1S/C9H10ClNO2.H2S/c10-6-1-2-8-9(3-6)12-5-7(4-11)13-8;/h1-3,7H,4-5,11H2;1H2/t7-;/m0./s1. The molecule has 0 saturated heterocycles. The van der Waals surface area contributed by atoms with Crippen LogP contribution in [0.25, 0.3) is 0 Å². The van der Waals surface area contributed by atoms with Gasteiger partial charge in [-0.25, -0.2) is 0 Å². The minimum atomic E-state index is -0.0475. The van der Waals surface area contributed by atoms with Crippen molar-refractivity contribution in [1.82, 2.24) is 0 Å². The molecule has 1 aliphatic rings. The summed E-state index contributed by atoms with van der Waals surface area (Å²) in [6, 6.07) is 5.30. The number of hydrogen-bond acceptors (Lipinski definition) is 3. The number of fused-ring (bicyclic) bond motifs is 1. The topological polar surface area (TPSA) is 44.5 Å². The SMILES string of the molecule is NC[C@H]1COc2cc(Cl)ccc2O1.S. The summed E-state index contributed by atoms with van der Waals surface area (Å²) in [5, 5.41) is 0.647. The maximum Gasteiger partial charge on any atom is 0.162 e. The van der Waals surface area contributed by atoms with Crippen molar-refractivity contribution in [3.05, 3.63) is 23.2 Å². The lowest BCUT2D eigenvalue weighted by Gasteiger charge is -2.25. The first-order valence-corrected chi connectivity index (χ1v) is 4.46. The molecule has 3 nitrogen and oxygen atoms in total. The largest absolute Gasteiger partial charge is 0.486 e. The minimum absolute atomic E-state index is 0.